The highest BCUT2D eigenvalue weighted by Crippen LogP contribution is 2.36. The van der Waals surface area contributed by atoms with Crippen molar-refractivity contribution in [3.63, 3.8) is 0 Å². The average Bonchev–Trinajstić information content (AvgIpc) is 3.07. The zero-order valence-corrected chi connectivity index (χ0v) is 10.5. The molecule has 6 heteroatoms. The first-order valence-electron chi connectivity index (χ1n) is 6.43. The van der Waals surface area contributed by atoms with Gasteiger partial charge in [0.2, 0.25) is 0 Å². The Labute approximate surface area is 106 Å². The van der Waals surface area contributed by atoms with E-state index in [1.165, 1.54) is 12.8 Å². The lowest BCUT2D eigenvalue weighted by Crippen LogP contribution is -2.48. The number of carbonyl (C=O) groups is 2. The predicted octanol–water partition coefficient (Wildman–Crippen LogP) is 0.431. The number of carboxylic acid groups (broad SMARTS) is 1. The number of aliphatic carboxylic acids is 1. The molecule has 0 aromatic rings. The molecule has 0 aromatic heterocycles. The van der Waals surface area contributed by atoms with E-state index < -0.39 is 17.9 Å². The Balaban J connectivity index is 1.71. The van der Waals surface area contributed by atoms with E-state index in [-0.39, 0.29) is 19.2 Å². The lowest BCUT2D eigenvalue weighted by atomic mass is 10.0. The van der Waals surface area contributed by atoms with E-state index in [0.717, 1.165) is 5.92 Å². The molecule has 2 amide bonds. The third-order valence-electron chi connectivity index (χ3n) is 3.73. The maximum atomic E-state index is 11.6. The molecule has 1 aliphatic carbocycles. The van der Waals surface area contributed by atoms with E-state index in [1.807, 2.05) is 0 Å². The first-order valence-corrected chi connectivity index (χ1v) is 6.43. The third-order valence-corrected chi connectivity index (χ3v) is 3.73. The number of nitrogens with one attached hydrogen (secondary N) is 2. The van der Waals surface area contributed by atoms with Crippen molar-refractivity contribution in [3.05, 3.63) is 0 Å². The van der Waals surface area contributed by atoms with E-state index >= 15 is 0 Å². The van der Waals surface area contributed by atoms with Gasteiger partial charge in [-0.3, -0.25) is 4.79 Å². The molecule has 0 bridgehead atoms. The fourth-order valence-corrected chi connectivity index (χ4v) is 2.24. The highest BCUT2D eigenvalue weighted by molar-refractivity contribution is 5.77. The van der Waals surface area contributed by atoms with Crippen LogP contribution in [0.3, 0.4) is 0 Å². The van der Waals surface area contributed by atoms with Gasteiger partial charge in [-0.15, -0.1) is 0 Å². The zero-order chi connectivity index (χ0) is 13.1. The SMILES string of the molecule is CC(CNC(=O)NC1COCC1C(=O)O)C1CC1. The van der Waals surface area contributed by atoms with Crippen molar-refractivity contribution in [2.75, 3.05) is 19.8 Å². The van der Waals surface area contributed by atoms with Crippen molar-refractivity contribution < 1.29 is 19.4 Å². The van der Waals surface area contributed by atoms with Crippen LogP contribution in [0.2, 0.25) is 0 Å². The number of ether oxygens (including phenoxy) is 1. The summed E-state index contributed by atoms with van der Waals surface area (Å²) in [6.45, 7) is 3.19. The zero-order valence-electron chi connectivity index (χ0n) is 10.5. The molecule has 18 heavy (non-hydrogen) atoms. The molecular weight excluding hydrogens is 236 g/mol. The summed E-state index contributed by atoms with van der Waals surface area (Å²) in [5.41, 5.74) is 0. The topological polar surface area (TPSA) is 87.7 Å². The lowest BCUT2D eigenvalue weighted by molar-refractivity contribution is -0.142. The number of carbonyl (C=O) groups excluding carboxylic acids is 1. The van der Waals surface area contributed by atoms with Crippen molar-refractivity contribution in [3.8, 4) is 0 Å². The smallest absolute Gasteiger partial charge is 0.315 e. The van der Waals surface area contributed by atoms with Crippen molar-refractivity contribution in [2.24, 2.45) is 17.8 Å². The molecule has 1 aliphatic heterocycles. The number of hydrogen-bond donors (Lipinski definition) is 3. The van der Waals surface area contributed by atoms with E-state index in [2.05, 4.69) is 17.6 Å². The Hall–Kier alpha value is -1.30. The van der Waals surface area contributed by atoms with E-state index in [9.17, 15) is 9.59 Å². The normalized spacial score (nSPS) is 28.7. The van der Waals surface area contributed by atoms with Gasteiger partial charge in [-0.2, -0.15) is 0 Å². The van der Waals surface area contributed by atoms with Crippen LogP contribution in [0.15, 0.2) is 0 Å². The summed E-state index contributed by atoms with van der Waals surface area (Å²) in [6.07, 6.45) is 2.50. The third kappa shape index (κ3) is 3.35. The Morgan fingerprint density at radius 2 is 2.11 bits per heavy atom. The molecule has 2 fully saturated rings. The van der Waals surface area contributed by atoms with E-state index in [0.29, 0.717) is 12.5 Å². The molecule has 2 aliphatic rings. The molecule has 0 aromatic carbocycles. The first-order chi connectivity index (χ1) is 8.58. The number of rotatable bonds is 5. The lowest BCUT2D eigenvalue weighted by Gasteiger charge is -2.17. The molecule has 2 rings (SSSR count). The fraction of sp³-hybridized carbons (Fsp3) is 0.833. The monoisotopic (exact) mass is 256 g/mol. The standard InChI is InChI=1S/C12H20N2O4/c1-7(8-2-3-8)4-13-12(17)14-10-6-18-5-9(10)11(15)16/h7-10H,2-6H2,1H3,(H,15,16)(H2,13,14,17). The summed E-state index contributed by atoms with van der Waals surface area (Å²) < 4.78 is 5.08. The van der Waals surface area contributed by atoms with Gasteiger partial charge in [0.25, 0.3) is 0 Å². The van der Waals surface area contributed by atoms with Gasteiger partial charge in [-0.25, -0.2) is 4.79 Å². The minimum absolute atomic E-state index is 0.165. The number of hydrogen-bond acceptors (Lipinski definition) is 3. The summed E-state index contributed by atoms with van der Waals surface area (Å²) in [7, 11) is 0. The van der Waals surface area contributed by atoms with Gasteiger partial charge < -0.3 is 20.5 Å². The van der Waals surface area contributed by atoms with Crippen molar-refractivity contribution in [1.82, 2.24) is 10.6 Å². The summed E-state index contributed by atoms with van der Waals surface area (Å²) in [5, 5.41) is 14.4. The molecule has 0 spiro atoms. The van der Waals surface area contributed by atoms with Gasteiger partial charge in [0, 0.05) is 6.54 Å². The van der Waals surface area contributed by atoms with Gasteiger partial charge in [0.05, 0.1) is 19.3 Å². The van der Waals surface area contributed by atoms with Crippen molar-refractivity contribution in [1.29, 1.82) is 0 Å². The molecule has 3 unspecified atom stereocenters. The molecule has 6 nitrogen and oxygen atoms in total. The highest BCUT2D eigenvalue weighted by Gasteiger charge is 2.35. The average molecular weight is 256 g/mol. The summed E-state index contributed by atoms with van der Waals surface area (Å²) in [6, 6.07) is -0.733. The molecule has 1 heterocycles. The second-order valence-corrected chi connectivity index (χ2v) is 5.26. The van der Waals surface area contributed by atoms with Crippen LogP contribution in [0, 0.1) is 17.8 Å². The predicted molar refractivity (Wildman–Crippen MR) is 64.2 cm³/mol. The summed E-state index contributed by atoms with van der Waals surface area (Å²) >= 11 is 0. The molecule has 3 atom stereocenters. The van der Waals surface area contributed by atoms with Crippen LogP contribution in [0.5, 0.6) is 0 Å². The maximum absolute atomic E-state index is 11.6. The fourth-order valence-electron chi connectivity index (χ4n) is 2.24. The Kier molecular flexibility index (Phi) is 4.06. The van der Waals surface area contributed by atoms with Crippen LogP contribution in [0.25, 0.3) is 0 Å². The Bertz CT molecular complexity index is 330. The molecular formula is C12H20N2O4. The largest absolute Gasteiger partial charge is 0.481 e. The van der Waals surface area contributed by atoms with E-state index in [4.69, 9.17) is 9.84 Å². The second-order valence-electron chi connectivity index (χ2n) is 5.26. The van der Waals surface area contributed by atoms with Crippen LogP contribution >= 0.6 is 0 Å². The van der Waals surface area contributed by atoms with Crippen LogP contribution < -0.4 is 10.6 Å². The Morgan fingerprint density at radius 1 is 1.39 bits per heavy atom. The second kappa shape index (κ2) is 5.56. The van der Waals surface area contributed by atoms with Gasteiger partial charge in [0.15, 0.2) is 0 Å². The summed E-state index contributed by atoms with van der Waals surface area (Å²) in [5.74, 6) is -0.335. The molecule has 3 N–H and O–H groups in total. The molecule has 1 saturated heterocycles. The maximum Gasteiger partial charge on any atom is 0.315 e. The molecule has 102 valence electrons. The van der Waals surface area contributed by atoms with Crippen LogP contribution in [0.1, 0.15) is 19.8 Å². The van der Waals surface area contributed by atoms with Crippen molar-refractivity contribution in [2.45, 2.75) is 25.8 Å². The van der Waals surface area contributed by atoms with Gasteiger partial charge >= 0.3 is 12.0 Å². The minimum Gasteiger partial charge on any atom is -0.481 e. The highest BCUT2D eigenvalue weighted by atomic mass is 16.5. The van der Waals surface area contributed by atoms with Gasteiger partial charge in [-0.05, 0) is 24.7 Å². The quantitative estimate of drug-likeness (QED) is 0.665. The van der Waals surface area contributed by atoms with Crippen molar-refractivity contribution >= 4 is 12.0 Å². The Morgan fingerprint density at radius 3 is 2.72 bits per heavy atom. The molecule has 0 radical (unpaired) electrons. The van der Waals surface area contributed by atoms with Crippen LogP contribution in [-0.2, 0) is 9.53 Å². The van der Waals surface area contributed by atoms with Gasteiger partial charge in [-0.1, -0.05) is 6.92 Å². The van der Waals surface area contributed by atoms with Crippen LogP contribution in [-0.4, -0.2) is 42.9 Å². The van der Waals surface area contributed by atoms with Gasteiger partial charge in [0.1, 0.15) is 5.92 Å². The number of carboxylic acids is 1. The number of urea groups is 1. The minimum atomic E-state index is -0.927. The summed E-state index contributed by atoms with van der Waals surface area (Å²) in [4.78, 5) is 22.5. The first kappa shape index (κ1) is 13.1. The molecule has 1 saturated carbocycles. The van der Waals surface area contributed by atoms with Crippen LogP contribution in [0.4, 0.5) is 4.79 Å². The van der Waals surface area contributed by atoms with E-state index in [1.54, 1.807) is 0 Å². The number of amides is 2.